The Bertz CT molecular complexity index is 1500. The van der Waals surface area contributed by atoms with E-state index in [0.29, 0.717) is 0 Å². The van der Waals surface area contributed by atoms with Gasteiger partial charge in [-0.05, 0) is 56.5 Å². The normalized spacial score (nSPS) is 13.4. The third-order valence-corrected chi connectivity index (χ3v) is 5.90. The van der Waals surface area contributed by atoms with Crippen LogP contribution in [0.15, 0.2) is 41.3 Å². The van der Waals surface area contributed by atoms with E-state index in [-0.39, 0.29) is 46.1 Å². The van der Waals surface area contributed by atoms with Gasteiger partial charge in [0.25, 0.3) is 11.5 Å². The van der Waals surface area contributed by atoms with Gasteiger partial charge in [-0.25, -0.2) is 22.8 Å². The zero-order chi connectivity index (χ0) is 24.1. The van der Waals surface area contributed by atoms with E-state index in [9.17, 15) is 22.8 Å². The highest BCUT2D eigenvalue weighted by Crippen LogP contribution is 2.28. The SMILES string of the molecule is CCn1c(=O)c(-c2cc(C(=O)NC3CC3)cc(F)c2C)nc2cnn(-c3c(F)cccc3F)c21. The fourth-order valence-electron chi connectivity index (χ4n) is 3.93. The standard InChI is InChI=1S/C24H20F3N5O2/c1-3-31-23-19(11-28-32(23)21-16(25)5-4-6-17(21)26)30-20(24(31)34)15-9-13(10-18(27)12(15)2)22(33)29-14-7-8-14/h4-6,9-11,14H,3,7-8H2,1-2H3,(H,29,33). The van der Waals surface area contributed by atoms with Gasteiger partial charge in [0.2, 0.25) is 0 Å². The number of carbonyl (C=O) groups is 1. The molecule has 5 rings (SSSR count). The molecule has 10 heteroatoms. The van der Waals surface area contributed by atoms with Crippen LogP contribution in [0.2, 0.25) is 0 Å². The number of amides is 1. The summed E-state index contributed by atoms with van der Waals surface area (Å²) in [6, 6.07) is 6.06. The number of aryl methyl sites for hydroxylation is 1. The highest BCUT2D eigenvalue weighted by molar-refractivity contribution is 5.96. The number of nitrogens with zero attached hydrogens (tertiary/aromatic N) is 4. The lowest BCUT2D eigenvalue weighted by atomic mass is 10.0. The van der Waals surface area contributed by atoms with E-state index in [1.165, 1.54) is 29.8 Å². The molecule has 1 N–H and O–H groups in total. The predicted molar refractivity (Wildman–Crippen MR) is 119 cm³/mol. The van der Waals surface area contributed by atoms with E-state index >= 15 is 0 Å². The largest absolute Gasteiger partial charge is 0.349 e. The van der Waals surface area contributed by atoms with Crippen molar-refractivity contribution < 1.29 is 18.0 Å². The van der Waals surface area contributed by atoms with Gasteiger partial charge in [0.15, 0.2) is 17.3 Å². The van der Waals surface area contributed by atoms with Crippen LogP contribution in [0, 0.1) is 24.4 Å². The molecule has 1 aliphatic carbocycles. The van der Waals surface area contributed by atoms with Crippen molar-refractivity contribution in [3.8, 4) is 16.9 Å². The lowest BCUT2D eigenvalue weighted by molar-refractivity contribution is 0.0950. The first kappa shape index (κ1) is 21.9. The van der Waals surface area contributed by atoms with E-state index in [1.54, 1.807) is 6.92 Å². The molecule has 2 aromatic carbocycles. The Hall–Kier alpha value is -3.95. The second kappa shape index (κ2) is 8.12. The number of carbonyl (C=O) groups excluding carboxylic acids is 1. The number of fused-ring (bicyclic) bond motifs is 1. The summed E-state index contributed by atoms with van der Waals surface area (Å²) in [7, 11) is 0. The zero-order valence-electron chi connectivity index (χ0n) is 18.4. The van der Waals surface area contributed by atoms with E-state index in [1.807, 2.05) is 0 Å². The maximum absolute atomic E-state index is 14.8. The first-order chi connectivity index (χ1) is 16.3. The molecule has 34 heavy (non-hydrogen) atoms. The van der Waals surface area contributed by atoms with Crippen LogP contribution in [0.25, 0.3) is 28.1 Å². The summed E-state index contributed by atoms with van der Waals surface area (Å²) in [4.78, 5) is 30.3. The van der Waals surface area contributed by atoms with Crippen molar-refractivity contribution in [3.63, 3.8) is 0 Å². The average molecular weight is 467 g/mol. The Balaban J connectivity index is 1.72. The van der Waals surface area contributed by atoms with Crippen molar-refractivity contribution >= 4 is 17.1 Å². The molecule has 2 heterocycles. The molecule has 174 valence electrons. The summed E-state index contributed by atoms with van der Waals surface area (Å²) in [6.45, 7) is 3.32. The number of halogens is 3. The molecule has 1 amide bonds. The number of hydrogen-bond donors (Lipinski definition) is 1. The number of hydrogen-bond acceptors (Lipinski definition) is 4. The third-order valence-electron chi connectivity index (χ3n) is 5.90. The number of benzene rings is 2. The fourth-order valence-corrected chi connectivity index (χ4v) is 3.93. The van der Waals surface area contributed by atoms with Crippen molar-refractivity contribution in [1.29, 1.82) is 0 Å². The second-order valence-electron chi connectivity index (χ2n) is 8.22. The summed E-state index contributed by atoms with van der Waals surface area (Å²) >= 11 is 0. The first-order valence-corrected chi connectivity index (χ1v) is 10.8. The molecule has 1 saturated carbocycles. The lowest BCUT2D eigenvalue weighted by Gasteiger charge is -2.14. The van der Waals surface area contributed by atoms with E-state index in [0.717, 1.165) is 35.7 Å². The number of rotatable bonds is 5. The lowest BCUT2D eigenvalue weighted by Crippen LogP contribution is -2.27. The minimum absolute atomic E-state index is 0.0803. The molecule has 1 aliphatic rings. The van der Waals surface area contributed by atoms with Crippen molar-refractivity contribution in [2.75, 3.05) is 0 Å². The zero-order valence-corrected chi connectivity index (χ0v) is 18.4. The molecule has 0 bridgehead atoms. The Morgan fingerprint density at radius 3 is 2.50 bits per heavy atom. The Morgan fingerprint density at radius 2 is 1.85 bits per heavy atom. The van der Waals surface area contributed by atoms with Gasteiger partial charge in [-0.1, -0.05) is 6.07 Å². The van der Waals surface area contributed by atoms with Gasteiger partial charge in [0, 0.05) is 23.7 Å². The number of aromatic nitrogens is 4. The highest BCUT2D eigenvalue weighted by atomic mass is 19.1. The minimum Gasteiger partial charge on any atom is -0.349 e. The molecule has 0 spiro atoms. The van der Waals surface area contributed by atoms with Crippen LogP contribution in [-0.4, -0.2) is 31.3 Å². The van der Waals surface area contributed by atoms with Gasteiger partial charge >= 0.3 is 0 Å². The summed E-state index contributed by atoms with van der Waals surface area (Å²) in [6.07, 6.45) is 3.03. The monoisotopic (exact) mass is 467 g/mol. The van der Waals surface area contributed by atoms with Crippen LogP contribution in [0.3, 0.4) is 0 Å². The van der Waals surface area contributed by atoms with Crippen LogP contribution in [0.1, 0.15) is 35.7 Å². The van der Waals surface area contributed by atoms with E-state index in [4.69, 9.17) is 0 Å². The van der Waals surface area contributed by atoms with Gasteiger partial charge in [0.1, 0.15) is 22.7 Å². The number of nitrogens with one attached hydrogen (secondary N) is 1. The summed E-state index contributed by atoms with van der Waals surface area (Å²) in [5.74, 6) is -2.78. The highest BCUT2D eigenvalue weighted by Gasteiger charge is 2.26. The van der Waals surface area contributed by atoms with Gasteiger partial charge in [-0.2, -0.15) is 5.10 Å². The molecule has 7 nitrogen and oxygen atoms in total. The molecule has 0 unspecified atom stereocenters. The van der Waals surface area contributed by atoms with Crippen molar-refractivity contribution in [1.82, 2.24) is 24.6 Å². The topological polar surface area (TPSA) is 81.8 Å². The Kier molecular flexibility index (Phi) is 5.22. The van der Waals surface area contributed by atoms with Crippen LogP contribution in [0.4, 0.5) is 13.2 Å². The smallest absolute Gasteiger partial charge is 0.278 e. The first-order valence-electron chi connectivity index (χ1n) is 10.8. The number of para-hydroxylation sites is 1. The van der Waals surface area contributed by atoms with Crippen molar-refractivity contribution in [3.05, 3.63) is 75.5 Å². The summed E-state index contributed by atoms with van der Waals surface area (Å²) < 4.78 is 45.9. The van der Waals surface area contributed by atoms with Crippen LogP contribution in [0.5, 0.6) is 0 Å². The summed E-state index contributed by atoms with van der Waals surface area (Å²) in [5, 5.41) is 6.87. The minimum atomic E-state index is -0.850. The molecular formula is C24H20F3N5O2. The van der Waals surface area contributed by atoms with Gasteiger partial charge in [-0.15, -0.1) is 0 Å². The maximum Gasteiger partial charge on any atom is 0.278 e. The predicted octanol–water partition coefficient (Wildman–Crippen LogP) is 3.89. The molecule has 2 aromatic heterocycles. The molecule has 0 aliphatic heterocycles. The van der Waals surface area contributed by atoms with Crippen molar-refractivity contribution in [2.24, 2.45) is 0 Å². The molecule has 0 saturated heterocycles. The molecule has 0 radical (unpaired) electrons. The van der Waals surface area contributed by atoms with Gasteiger partial charge in [-0.3, -0.25) is 14.2 Å². The maximum atomic E-state index is 14.8. The van der Waals surface area contributed by atoms with Crippen LogP contribution < -0.4 is 10.9 Å². The van der Waals surface area contributed by atoms with Crippen LogP contribution in [-0.2, 0) is 6.54 Å². The molecule has 4 aromatic rings. The van der Waals surface area contributed by atoms with E-state index in [2.05, 4.69) is 15.4 Å². The Labute approximate surface area is 191 Å². The molecular weight excluding hydrogens is 447 g/mol. The van der Waals surface area contributed by atoms with Crippen LogP contribution >= 0.6 is 0 Å². The van der Waals surface area contributed by atoms with E-state index < -0.39 is 34.6 Å². The van der Waals surface area contributed by atoms with Gasteiger partial charge < -0.3 is 5.32 Å². The average Bonchev–Trinajstić information content (AvgIpc) is 3.53. The molecule has 1 fully saturated rings. The third kappa shape index (κ3) is 3.55. The second-order valence-corrected chi connectivity index (χ2v) is 8.22. The quantitative estimate of drug-likeness (QED) is 0.483. The van der Waals surface area contributed by atoms with Gasteiger partial charge in [0.05, 0.1) is 6.20 Å². The van der Waals surface area contributed by atoms with Crippen molar-refractivity contribution in [2.45, 2.75) is 39.3 Å². The Morgan fingerprint density at radius 1 is 1.15 bits per heavy atom. The fraction of sp³-hybridized carbons (Fsp3) is 0.250. The summed E-state index contributed by atoms with van der Waals surface area (Å²) in [5.41, 5.74) is -0.432. The molecule has 0 atom stereocenters.